The van der Waals surface area contributed by atoms with Gasteiger partial charge >= 0.3 is 0 Å². The van der Waals surface area contributed by atoms with E-state index < -0.39 is 0 Å². The molecule has 0 fully saturated rings. The van der Waals surface area contributed by atoms with Gasteiger partial charge in [-0.25, -0.2) is 4.98 Å². The molecule has 1 heterocycles. The van der Waals surface area contributed by atoms with Crippen LogP contribution >= 0.6 is 0 Å². The first-order valence-corrected chi connectivity index (χ1v) is 7.11. The molecule has 0 aliphatic rings. The molecule has 0 spiro atoms. The standard InChI is InChI=1S/C16H23N3/c1-3-9-19-13-18-12-16(19)11-17-10-15-8-6-5-7-14(15)4-2/h5-8,12-13,17H,3-4,9-11H2,1-2H3. The number of hydrogen-bond donors (Lipinski definition) is 1. The second-order valence-electron chi connectivity index (χ2n) is 4.80. The van der Waals surface area contributed by atoms with Gasteiger partial charge in [0.15, 0.2) is 0 Å². The van der Waals surface area contributed by atoms with Crippen LogP contribution in [0.2, 0.25) is 0 Å². The minimum absolute atomic E-state index is 0.873. The Morgan fingerprint density at radius 2 is 1.89 bits per heavy atom. The molecule has 0 saturated carbocycles. The Labute approximate surface area is 115 Å². The van der Waals surface area contributed by atoms with Gasteiger partial charge in [-0.15, -0.1) is 0 Å². The molecule has 0 atom stereocenters. The van der Waals surface area contributed by atoms with Crippen LogP contribution < -0.4 is 5.32 Å². The third kappa shape index (κ3) is 3.67. The summed E-state index contributed by atoms with van der Waals surface area (Å²) < 4.78 is 2.22. The van der Waals surface area contributed by atoms with Crippen molar-refractivity contribution in [1.29, 1.82) is 0 Å². The van der Waals surface area contributed by atoms with Crippen molar-refractivity contribution < 1.29 is 0 Å². The minimum Gasteiger partial charge on any atom is -0.333 e. The zero-order valence-electron chi connectivity index (χ0n) is 11.9. The molecule has 1 aromatic carbocycles. The number of hydrogen-bond acceptors (Lipinski definition) is 2. The summed E-state index contributed by atoms with van der Waals surface area (Å²) in [5.74, 6) is 0. The van der Waals surface area contributed by atoms with Crippen LogP contribution in [0.1, 0.15) is 37.1 Å². The summed E-state index contributed by atoms with van der Waals surface area (Å²) in [6, 6.07) is 8.63. The van der Waals surface area contributed by atoms with Gasteiger partial charge in [0, 0.05) is 25.8 Å². The van der Waals surface area contributed by atoms with Crippen molar-refractivity contribution in [2.45, 2.75) is 46.3 Å². The number of aromatic nitrogens is 2. The summed E-state index contributed by atoms with van der Waals surface area (Å²) in [6.07, 6.45) is 6.10. The summed E-state index contributed by atoms with van der Waals surface area (Å²) in [6.45, 7) is 7.23. The lowest BCUT2D eigenvalue weighted by Gasteiger charge is -2.10. The van der Waals surface area contributed by atoms with Gasteiger partial charge in [0.25, 0.3) is 0 Å². The van der Waals surface area contributed by atoms with Crippen LogP contribution in [0.3, 0.4) is 0 Å². The fourth-order valence-corrected chi connectivity index (χ4v) is 2.34. The topological polar surface area (TPSA) is 29.9 Å². The van der Waals surface area contributed by atoms with Crippen molar-refractivity contribution >= 4 is 0 Å². The van der Waals surface area contributed by atoms with Gasteiger partial charge in [-0.1, -0.05) is 38.1 Å². The van der Waals surface area contributed by atoms with E-state index in [4.69, 9.17) is 0 Å². The lowest BCUT2D eigenvalue weighted by molar-refractivity contribution is 0.600. The Hall–Kier alpha value is -1.61. The summed E-state index contributed by atoms with van der Waals surface area (Å²) >= 11 is 0. The van der Waals surface area contributed by atoms with Crippen molar-refractivity contribution in [2.75, 3.05) is 0 Å². The molecule has 0 aliphatic carbocycles. The molecule has 102 valence electrons. The average molecular weight is 257 g/mol. The summed E-state index contributed by atoms with van der Waals surface area (Å²) in [5, 5.41) is 3.52. The molecule has 0 unspecified atom stereocenters. The molecular weight excluding hydrogens is 234 g/mol. The number of nitrogens with one attached hydrogen (secondary N) is 1. The molecule has 0 saturated heterocycles. The number of nitrogens with zero attached hydrogens (tertiary/aromatic N) is 2. The second-order valence-corrected chi connectivity index (χ2v) is 4.80. The maximum atomic E-state index is 4.22. The Bertz CT molecular complexity index is 502. The lowest BCUT2D eigenvalue weighted by atomic mass is 10.1. The highest BCUT2D eigenvalue weighted by molar-refractivity contribution is 5.26. The fraction of sp³-hybridized carbons (Fsp3) is 0.438. The van der Waals surface area contributed by atoms with E-state index in [1.165, 1.54) is 16.8 Å². The van der Waals surface area contributed by atoms with Crippen LogP contribution in [-0.4, -0.2) is 9.55 Å². The first-order chi connectivity index (χ1) is 9.35. The zero-order chi connectivity index (χ0) is 13.5. The van der Waals surface area contributed by atoms with Gasteiger partial charge in [-0.3, -0.25) is 0 Å². The van der Waals surface area contributed by atoms with E-state index in [1.54, 1.807) is 0 Å². The maximum absolute atomic E-state index is 4.22. The second kappa shape index (κ2) is 7.10. The van der Waals surface area contributed by atoms with Crippen LogP contribution in [0.5, 0.6) is 0 Å². The van der Waals surface area contributed by atoms with Crippen LogP contribution in [0.4, 0.5) is 0 Å². The van der Waals surface area contributed by atoms with Crippen LogP contribution in [0.15, 0.2) is 36.8 Å². The Kier molecular flexibility index (Phi) is 5.16. The molecule has 1 N–H and O–H groups in total. The van der Waals surface area contributed by atoms with Crippen LogP contribution in [-0.2, 0) is 26.1 Å². The van der Waals surface area contributed by atoms with Crippen molar-refractivity contribution in [3.05, 3.63) is 53.6 Å². The molecule has 3 heteroatoms. The SMILES string of the molecule is CCCn1cncc1CNCc1ccccc1CC. The van der Waals surface area contributed by atoms with Crippen molar-refractivity contribution in [3.63, 3.8) is 0 Å². The number of aryl methyl sites for hydroxylation is 2. The molecule has 1 aromatic heterocycles. The smallest absolute Gasteiger partial charge is 0.0948 e. The van der Waals surface area contributed by atoms with E-state index in [-0.39, 0.29) is 0 Å². The normalized spacial score (nSPS) is 10.8. The average Bonchev–Trinajstić information content (AvgIpc) is 2.87. The van der Waals surface area contributed by atoms with E-state index in [9.17, 15) is 0 Å². The highest BCUT2D eigenvalue weighted by Crippen LogP contribution is 2.09. The van der Waals surface area contributed by atoms with Crippen molar-refractivity contribution in [1.82, 2.24) is 14.9 Å². The molecule has 0 radical (unpaired) electrons. The summed E-state index contributed by atoms with van der Waals surface area (Å²) in [5.41, 5.74) is 4.08. The molecule has 19 heavy (non-hydrogen) atoms. The number of imidazole rings is 1. The van der Waals surface area contributed by atoms with Crippen molar-refractivity contribution in [2.24, 2.45) is 0 Å². The largest absolute Gasteiger partial charge is 0.333 e. The quantitative estimate of drug-likeness (QED) is 0.826. The highest BCUT2D eigenvalue weighted by atomic mass is 15.1. The Morgan fingerprint density at radius 3 is 2.63 bits per heavy atom. The predicted molar refractivity (Wildman–Crippen MR) is 78.9 cm³/mol. The van der Waals surface area contributed by atoms with Gasteiger partial charge in [-0.2, -0.15) is 0 Å². The van der Waals surface area contributed by atoms with E-state index >= 15 is 0 Å². The van der Waals surface area contributed by atoms with E-state index in [1.807, 2.05) is 12.5 Å². The lowest BCUT2D eigenvalue weighted by Crippen LogP contribution is -2.16. The van der Waals surface area contributed by atoms with Crippen LogP contribution in [0, 0.1) is 0 Å². The van der Waals surface area contributed by atoms with E-state index in [2.05, 4.69) is 53.0 Å². The molecule has 3 nitrogen and oxygen atoms in total. The third-order valence-corrected chi connectivity index (χ3v) is 3.38. The number of benzene rings is 1. The minimum atomic E-state index is 0.873. The zero-order valence-corrected chi connectivity index (χ0v) is 11.9. The molecule has 0 aliphatic heterocycles. The summed E-state index contributed by atoms with van der Waals surface area (Å²) in [7, 11) is 0. The molecular formula is C16H23N3. The molecule has 0 bridgehead atoms. The van der Waals surface area contributed by atoms with E-state index in [0.717, 1.165) is 32.5 Å². The predicted octanol–water partition coefficient (Wildman–Crippen LogP) is 3.15. The van der Waals surface area contributed by atoms with Crippen LogP contribution in [0.25, 0.3) is 0 Å². The van der Waals surface area contributed by atoms with Gasteiger partial charge < -0.3 is 9.88 Å². The van der Waals surface area contributed by atoms with Gasteiger partial charge in [0.1, 0.15) is 0 Å². The maximum Gasteiger partial charge on any atom is 0.0948 e. The fourth-order valence-electron chi connectivity index (χ4n) is 2.34. The van der Waals surface area contributed by atoms with E-state index in [0.29, 0.717) is 0 Å². The summed E-state index contributed by atoms with van der Waals surface area (Å²) in [4.78, 5) is 4.22. The van der Waals surface area contributed by atoms with Gasteiger partial charge in [0.05, 0.1) is 12.0 Å². The van der Waals surface area contributed by atoms with Crippen molar-refractivity contribution in [3.8, 4) is 0 Å². The Balaban J connectivity index is 1.91. The molecule has 2 aromatic rings. The number of rotatable bonds is 7. The Morgan fingerprint density at radius 1 is 1.11 bits per heavy atom. The first-order valence-electron chi connectivity index (χ1n) is 7.11. The molecule has 2 rings (SSSR count). The third-order valence-electron chi connectivity index (χ3n) is 3.38. The van der Waals surface area contributed by atoms with Gasteiger partial charge in [-0.05, 0) is 24.0 Å². The highest BCUT2D eigenvalue weighted by Gasteiger charge is 2.02. The molecule has 0 amide bonds. The van der Waals surface area contributed by atoms with Gasteiger partial charge in [0.2, 0.25) is 0 Å². The first kappa shape index (κ1) is 13.8. The monoisotopic (exact) mass is 257 g/mol.